The van der Waals surface area contributed by atoms with E-state index in [2.05, 4.69) is 10.6 Å². The molecule has 0 aliphatic rings. The Hall–Kier alpha value is -1.86. The minimum Gasteiger partial charge on any atom is -0.481 e. The number of para-hydroxylation sites is 1. The van der Waals surface area contributed by atoms with E-state index >= 15 is 0 Å². The second kappa shape index (κ2) is 7.66. The van der Waals surface area contributed by atoms with Gasteiger partial charge in [-0.1, -0.05) is 17.7 Å². The molecule has 1 aromatic rings. The van der Waals surface area contributed by atoms with Gasteiger partial charge in [0.25, 0.3) is 0 Å². The van der Waals surface area contributed by atoms with Crippen molar-refractivity contribution in [3.8, 4) is 0 Å². The van der Waals surface area contributed by atoms with E-state index in [1.807, 2.05) is 0 Å². The van der Waals surface area contributed by atoms with Crippen LogP contribution in [-0.4, -0.2) is 36.9 Å². The van der Waals surface area contributed by atoms with Crippen molar-refractivity contribution in [2.24, 2.45) is 0 Å². The molecule has 0 aliphatic carbocycles. The monoisotopic (exact) mass is 304 g/mol. The van der Waals surface area contributed by atoms with Crippen LogP contribution in [0.3, 0.4) is 0 Å². The van der Waals surface area contributed by atoms with E-state index in [-0.39, 0.29) is 23.7 Å². The zero-order valence-corrected chi connectivity index (χ0v) is 11.4. The SMILES string of the molecule is COC(CNC(=O)Nc1c(F)cccc1Cl)CC(=O)O. The average Bonchev–Trinajstić information content (AvgIpc) is 2.38. The van der Waals surface area contributed by atoms with Gasteiger partial charge in [-0.2, -0.15) is 0 Å². The summed E-state index contributed by atoms with van der Waals surface area (Å²) >= 11 is 5.75. The van der Waals surface area contributed by atoms with Gasteiger partial charge in [-0.15, -0.1) is 0 Å². The second-order valence-electron chi connectivity index (χ2n) is 3.89. The molecule has 1 unspecified atom stereocenters. The van der Waals surface area contributed by atoms with Crippen LogP contribution in [0, 0.1) is 5.82 Å². The molecule has 6 nitrogen and oxygen atoms in total. The molecule has 0 saturated carbocycles. The maximum absolute atomic E-state index is 13.4. The fourth-order valence-corrected chi connectivity index (χ4v) is 1.63. The summed E-state index contributed by atoms with van der Waals surface area (Å²) in [5, 5.41) is 13.3. The van der Waals surface area contributed by atoms with Crippen LogP contribution in [0.25, 0.3) is 0 Å². The Bertz CT molecular complexity index is 478. The van der Waals surface area contributed by atoms with Gasteiger partial charge in [0.2, 0.25) is 0 Å². The zero-order chi connectivity index (χ0) is 15.1. The summed E-state index contributed by atoms with van der Waals surface area (Å²) in [6, 6.07) is 3.30. The van der Waals surface area contributed by atoms with Crippen molar-refractivity contribution in [2.75, 3.05) is 19.0 Å². The maximum Gasteiger partial charge on any atom is 0.319 e. The molecule has 1 atom stereocenters. The highest BCUT2D eigenvalue weighted by molar-refractivity contribution is 6.33. The Labute approximate surface area is 119 Å². The van der Waals surface area contributed by atoms with Gasteiger partial charge in [-0.05, 0) is 12.1 Å². The van der Waals surface area contributed by atoms with E-state index in [1.54, 1.807) is 0 Å². The van der Waals surface area contributed by atoms with Gasteiger partial charge in [-0.25, -0.2) is 9.18 Å². The quantitative estimate of drug-likeness (QED) is 0.751. The number of aliphatic carboxylic acids is 1. The molecule has 1 rings (SSSR count). The average molecular weight is 305 g/mol. The number of hydrogen-bond donors (Lipinski definition) is 3. The van der Waals surface area contributed by atoms with Gasteiger partial charge in [0.05, 0.1) is 23.2 Å². The predicted octanol–water partition coefficient (Wildman–Crippen LogP) is 2.09. The van der Waals surface area contributed by atoms with Crippen molar-refractivity contribution in [2.45, 2.75) is 12.5 Å². The second-order valence-corrected chi connectivity index (χ2v) is 4.29. The lowest BCUT2D eigenvalue weighted by Crippen LogP contribution is -2.37. The molecule has 3 N–H and O–H groups in total. The Morgan fingerprint density at radius 1 is 1.50 bits per heavy atom. The van der Waals surface area contributed by atoms with Crippen LogP contribution in [0.2, 0.25) is 5.02 Å². The van der Waals surface area contributed by atoms with Gasteiger partial charge in [0, 0.05) is 13.7 Å². The molecular formula is C12H14ClFN2O4. The summed E-state index contributed by atoms with van der Waals surface area (Å²) < 4.78 is 18.3. The Kier molecular flexibility index (Phi) is 6.20. The highest BCUT2D eigenvalue weighted by Gasteiger charge is 2.15. The first-order valence-corrected chi connectivity index (χ1v) is 6.05. The number of carbonyl (C=O) groups is 2. The molecule has 8 heteroatoms. The summed E-state index contributed by atoms with van der Waals surface area (Å²) in [6.07, 6.45) is -0.925. The lowest BCUT2D eigenvalue weighted by molar-refractivity contribution is -0.139. The highest BCUT2D eigenvalue weighted by atomic mass is 35.5. The molecule has 0 fully saturated rings. The van der Waals surface area contributed by atoms with Crippen molar-refractivity contribution in [1.29, 1.82) is 0 Å². The number of halogens is 2. The third kappa shape index (κ3) is 5.02. The van der Waals surface area contributed by atoms with Crippen LogP contribution in [-0.2, 0) is 9.53 Å². The first kappa shape index (κ1) is 16.2. The summed E-state index contributed by atoms with van der Waals surface area (Å²) in [5.74, 6) is -1.71. The topological polar surface area (TPSA) is 87.7 Å². The standard InChI is InChI=1S/C12H14ClFN2O4/c1-20-7(5-10(17)18)6-15-12(19)16-11-8(13)3-2-4-9(11)14/h2-4,7H,5-6H2,1H3,(H,17,18)(H2,15,16,19). The molecule has 110 valence electrons. The van der Waals surface area contributed by atoms with E-state index in [4.69, 9.17) is 21.4 Å². The van der Waals surface area contributed by atoms with Crippen LogP contribution in [0.1, 0.15) is 6.42 Å². The number of carbonyl (C=O) groups excluding carboxylic acids is 1. The highest BCUT2D eigenvalue weighted by Crippen LogP contribution is 2.24. The number of urea groups is 1. The molecule has 0 aromatic heterocycles. The maximum atomic E-state index is 13.4. The molecule has 0 heterocycles. The third-order valence-electron chi connectivity index (χ3n) is 2.43. The predicted molar refractivity (Wildman–Crippen MR) is 71.5 cm³/mol. The molecular weight excluding hydrogens is 291 g/mol. The fraction of sp³-hybridized carbons (Fsp3) is 0.333. The number of amides is 2. The lowest BCUT2D eigenvalue weighted by atomic mass is 10.2. The Morgan fingerprint density at radius 2 is 2.20 bits per heavy atom. The number of rotatable bonds is 6. The molecule has 0 saturated heterocycles. The lowest BCUT2D eigenvalue weighted by Gasteiger charge is -2.15. The van der Waals surface area contributed by atoms with Gasteiger partial charge >= 0.3 is 12.0 Å². The summed E-state index contributed by atoms with van der Waals surface area (Å²) in [6.45, 7) is -0.0271. The van der Waals surface area contributed by atoms with E-state index in [9.17, 15) is 14.0 Å². The number of ether oxygens (including phenoxy) is 1. The van der Waals surface area contributed by atoms with E-state index < -0.39 is 23.9 Å². The van der Waals surface area contributed by atoms with Crippen LogP contribution in [0.5, 0.6) is 0 Å². The molecule has 0 spiro atoms. The molecule has 0 bridgehead atoms. The number of carboxylic acids is 1. The van der Waals surface area contributed by atoms with Gasteiger partial charge in [0.1, 0.15) is 5.82 Å². The van der Waals surface area contributed by atoms with Crippen molar-refractivity contribution in [3.63, 3.8) is 0 Å². The number of nitrogens with one attached hydrogen (secondary N) is 2. The van der Waals surface area contributed by atoms with Crippen LogP contribution >= 0.6 is 11.6 Å². The van der Waals surface area contributed by atoms with E-state index in [0.29, 0.717) is 0 Å². The van der Waals surface area contributed by atoms with Crippen molar-refractivity contribution < 1.29 is 23.8 Å². The number of hydrogen-bond acceptors (Lipinski definition) is 3. The number of carboxylic acid groups (broad SMARTS) is 1. The molecule has 2 amide bonds. The summed E-state index contributed by atoms with van der Waals surface area (Å²) in [5.41, 5.74) is -0.140. The zero-order valence-electron chi connectivity index (χ0n) is 10.7. The van der Waals surface area contributed by atoms with Crippen molar-refractivity contribution >= 4 is 29.3 Å². The fourth-order valence-electron chi connectivity index (χ4n) is 1.42. The van der Waals surface area contributed by atoms with Crippen molar-refractivity contribution in [3.05, 3.63) is 29.0 Å². The number of anilines is 1. The van der Waals surface area contributed by atoms with Gasteiger partial charge in [0.15, 0.2) is 0 Å². The summed E-state index contributed by atoms with van der Waals surface area (Å²) in [4.78, 5) is 22.1. The molecule has 20 heavy (non-hydrogen) atoms. The summed E-state index contributed by atoms with van der Waals surface area (Å²) in [7, 11) is 1.33. The smallest absolute Gasteiger partial charge is 0.319 e. The van der Waals surface area contributed by atoms with Crippen LogP contribution in [0.4, 0.5) is 14.9 Å². The Balaban J connectivity index is 2.53. The molecule has 0 aliphatic heterocycles. The normalized spacial score (nSPS) is 11.8. The number of benzene rings is 1. The first-order chi connectivity index (χ1) is 9.43. The molecule has 0 radical (unpaired) electrons. The minimum atomic E-state index is -1.05. The third-order valence-corrected chi connectivity index (χ3v) is 2.74. The van der Waals surface area contributed by atoms with Crippen LogP contribution in [0.15, 0.2) is 18.2 Å². The Morgan fingerprint density at radius 3 is 2.75 bits per heavy atom. The van der Waals surface area contributed by atoms with E-state index in [1.165, 1.54) is 19.2 Å². The largest absolute Gasteiger partial charge is 0.481 e. The minimum absolute atomic E-state index is 0.0271. The van der Waals surface area contributed by atoms with Gasteiger partial charge < -0.3 is 20.5 Å². The number of methoxy groups -OCH3 is 1. The van der Waals surface area contributed by atoms with E-state index in [0.717, 1.165) is 6.07 Å². The first-order valence-electron chi connectivity index (χ1n) is 5.67. The van der Waals surface area contributed by atoms with Gasteiger partial charge in [-0.3, -0.25) is 4.79 Å². The van der Waals surface area contributed by atoms with Crippen molar-refractivity contribution in [1.82, 2.24) is 5.32 Å². The molecule has 1 aromatic carbocycles. The van der Waals surface area contributed by atoms with Crippen LogP contribution < -0.4 is 10.6 Å².